The normalized spacial score (nSPS) is 10.6. The van der Waals surface area contributed by atoms with Gasteiger partial charge in [0, 0.05) is 4.92 Å². The maximum absolute atomic E-state index is 11.0. The zero-order chi connectivity index (χ0) is 12.8. The number of rotatable bonds is 5. The molecule has 6 nitrogen and oxygen atoms in total. The van der Waals surface area contributed by atoms with Gasteiger partial charge in [-0.25, -0.2) is 4.79 Å². The van der Waals surface area contributed by atoms with E-state index in [1.807, 2.05) is 6.92 Å². The number of aliphatic imine (C=N–C) groups is 1. The van der Waals surface area contributed by atoms with E-state index in [4.69, 9.17) is 5.11 Å². The van der Waals surface area contributed by atoms with Crippen LogP contribution in [-0.4, -0.2) is 28.8 Å². The molecule has 90 valence electrons. The number of nitrogens with zero attached hydrogens (tertiary/aromatic N) is 2. The molecule has 0 aliphatic heterocycles. The molecule has 0 heterocycles. The molecule has 17 heavy (non-hydrogen) atoms. The van der Waals surface area contributed by atoms with Crippen LogP contribution in [0.5, 0.6) is 0 Å². The molecule has 1 aromatic rings. The van der Waals surface area contributed by atoms with Gasteiger partial charge in [0.25, 0.3) is 0 Å². The number of aromatic carboxylic acids is 1. The second-order valence-corrected chi connectivity index (χ2v) is 3.34. The molecule has 0 unspecified atom stereocenters. The highest BCUT2D eigenvalue weighted by Gasteiger charge is 2.09. The lowest BCUT2D eigenvalue weighted by atomic mass is 10.1. The van der Waals surface area contributed by atoms with E-state index in [0.717, 1.165) is 18.2 Å². The molecule has 0 atom stereocenters. The van der Waals surface area contributed by atoms with E-state index >= 15 is 0 Å². The Bertz CT molecular complexity index is 469. The van der Waals surface area contributed by atoms with Crippen molar-refractivity contribution in [3.8, 4) is 0 Å². The molecule has 1 rings (SSSR count). The van der Waals surface area contributed by atoms with Crippen molar-refractivity contribution in [2.24, 2.45) is 4.99 Å². The SMILES string of the molecule is CCc1ccc(N=CC[N+](=O)[O-])c(C(=O)O)c1. The number of nitro groups is 1. The number of aryl methyl sites for hydroxylation is 1. The molecule has 1 N–H and O–H groups in total. The summed E-state index contributed by atoms with van der Waals surface area (Å²) in [5.74, 6) is -1.09. The minimum absolute atomic E-state index is 0.0592. The van der Waals surface area contributed by atoms with E-state index < -0.39 is 17.4 Å². The lowest BCUT2D eigenvalue weighted by Crippen LogP contribution is -2.02. The van der Waals surface area contributed by atoms with E-state index in [0.29, 0.717) is 0 Å². The topological polar surface area (TPSA) is 92.8 Å². The third-order valence-electron chi connectivity index (χ3n) is 2.16. The third kappa shape index (κ3) is 3.67. The van der Waals surface area contributed by atoms with Crippen LogP contribution in [0.25, 0.3) is 0 Å². The van der Waals surface area contributed by atoms with Crippen LogP contribution in [0, 0.1) is 10.1 Å². The smallest absolute Gasteiger partial charge is 0.337 e. The van der Waals surface area contributed by atoms with Crippen LogP contribution in [-0.2, 0) is 6.42 Å². The molecule has 0 aromatic heterocycles. The summed E-state index contributed by atoms with van der Waals surface area (Å²) < 4.78 is 0. The van der Waals surface area contributed by atoms with Crippen molar-refractivity contribution in [2.75, 3.05) is 6.54 Å². The first-order valence-corrected chi connectivity index (χ1v) is 5.05. The molecule has 0 amide bonds. The standard InChI is InChI=1S/C11H12N2O4/c1-2-8-3-4-10(9(7-8)11(14)15)12-5-6-13(16)17/h3-5,7H,2,6H2,1H3,(H,14,15). The summed E-state index contributed by atoms with van der Waals surface area (Å²) in [5.41, 5.74) is 1.18. The van der Waals surface area contributed by atoms with Crippen molar-refractivity contribution >= 4 is 17.9 Å². The van der Waals surface area contributed by atoms with E-state index in [-0.39, 0.29) is 11.3 Å². The lowest BCUT2D eigenvalue weighted by molar-refractivity contribution is -0.462. The third-order valence-corrected chi connectivity index (χ3v) is 2.16. The Kier molecular flexibility index (Phi) is 4.33. The lowest BCUT2D eigenvalue weighted by Gasteiger charge is -2.03. The molecule has 0 bridgehead atoms. The first kappa shape index (κ1) is 12.8. The van der Waals surface area contributed by atoms with Crippen molar-refractivity contribution < 1.29 is 14.8 Å². The first-order valence-electron chi connectivity index (χ1n) is 5.05. The van der Waals surface area contributed by atoms with Crippen molar-refractivity contribution in [2.45, 2.75) is 13.3 Å². The maximum atomic E-state index is 11.0. The van der Waals surface area contributed by atoms with Crippen molar-refractivity contribution in [3.05, 3.63) is 39.4 Å². The molecule has 1 aromatic carbocycles. The average molecular weight is 236 g/mol. The van der Waals surface area contributed by atoms with Gasteiger partial charge in [-0.05, 0) is 24.1 Å². The molecule has 0 aliphatic rings. The Morgan fingerprint density at radius 2 is 2.29 bits per heavy atom. The van der Waals surface area contributed by atoms with E-state index in [9.17, 15) is 14.9 Å². The second kappa shape index (κ2) is 5.74. The summed E-state index contributed by atoms with van der Waals surface area (Å²) in [6, 6.07) is 4.84. The van der Waals surface area contributed by atoms with Gasteiger partial charge in [0.15, 0.2) is 0 Å². The van der Waals surface area contributed by atoms with Crippen molar-refractivity contribution in [3.63, 3.8) is 0 Å². The minimum atomic E-state index is -1.09. The molecule has 0 radical (unpaired) electrons. The molecule has 0 spiro atoms. The number of hydrogen-bond acceptors (Lipinski definition) is 4. The van der Waals surface area contributed by atoms with Gasteiger partial charge in [0.2, 0.25) is 6.54 Å². The Morgan fingerprint density at radius 1 is 1.59 bits per heavy atom. The van der Waals surface area contributed by atoms with E-state index in [1.54, 1.807) is 12.1 Å². The molecular weight excluding hydrogens is 224 g/mol. The van der Waals surface area contributed by atoms with Crippen molar-refractivity contribution in [1.29, 1.82) is 0 Å². The second-order valence-electron chi connectivity index (χ2n) is 3.34. The number of carbonyl (C=O) groups is 1. The van der Waals surface area contributed by atoms with Gasteiger partial charge in [0.1, 0.15) is 0 Å². The van der Waals surface area contributed by atoms with Crippen LogP contribution in [0.15, 0.2) is 23.2 Å². The predicted octanol–water partition coefficient (Wildman–Crippen LogP) is 1.93. The number of benzene rings is 1. The Balaban J connectivity index is 3.02. The quantitative estimate of drug-likeness (QED) is 0.480. The van der Waals surface area contributed by atoms with Crippen LogP contribution >= 0.6 is 0 Å². The van der Waals surface area contributed by atoms with Crippen LogP contribution in [0.4, 0.5) is 5.69 Å². The summed E-state index contributed by atoms with van der Waals surface area (Å²) in [6.45, 7) is 1.49. The molecular formula is C11H12N2O4. The minimum Gasteiger partial charge on any atom is -0.478 e. The molecule has 0 fully saturated rings. The van der Waals surface area contributed by atoms with Gasteiger partial charge >= 0.3 is 5.97 Å². The zero-order valence-corrected chi connectivity index (χ0v) is 9.29. The van der Waals surface area contributed by atoms with Gasteiger partial charge < -0.3 is 5.11 Å². The maximum Gasteiger partial charge on any atom is 0.337 e. The van der Waals surface area contributed by atoms with Gasteiger partial charge in [-0.2, -0.15) is 0 Å². The van der Waals surface area contributed by atoms with Crippen LogP contribution in [0.1, 0.15) is 22.8 Å². The fourth-order valence-electron chi connectivity index (χ4n) is 1.29. The highest BCUT2D eigenvalue weighted by Crippen LogP contribution is 2.20. The Labute approximate surface area is 97.8 Å². The summed E-state index contributed by atoms with van der Waals surface area (Å²) in [7, 11) is 0. The molecule has 0 saturated carbocycles. The number of carboxylic acid groups (broad SMARTS) is 1. The highest BCUT2D eigenvalue weighted by molar-refractivity contribution is 5.94. The monoisotopic (exact) mass is 236 g/mol. The van der Waals surface area contributed by atoms with Crippen LogP contribution in [0.3, 0.4) is 0 Å². The Morgan fingerprint density at radius 3 is 2.82 bits per heavy atom. The summed E-state index contributed by atoms with van der Waals surface area (Å²) in [6.07, 6.45) is 1.81. The predicted molar refractivity (Wildman–Crippen MR) is 62.8 cm³/mol. The largest absolute Gasteiger partial charge is 0.478 e. The fraction of sp³-hybridized carbons (Fsp3) is 0.273. The summed E-state index contributed by atoms with van der Waals surface area (Å²) >= 11 is 0. The molecule has 0 aliphatic carbocycles. The Hall–Kier alpha value is -2.24. The van der Waals surface area contributed by atoms with Crippen LogP contribution in [0.2, 0.25) is 0 Å². The molecule has 6 heteroatoms. The zero-order valence-electron chi connectivity index (χ0n) is 9.29. The number of hydrogen-bond donors (Lipinski definition) is 1. The van der Waals surface area contributed by atoms with Crippen LogP contribution < -0.4 is 0 Å². The molecule has 0 saturated heterocycles. The van der Waals surface area contributed by atoms with Crippen molar-refractivity contribution in [1.82, 2.24) is 0 Å². The van der Waals surface area contributed by atoms with E-state index in [1.165, 1.54) is 6.07 Å². The highest BCUT2D eigenvalue weighted by atomic mass is 16.6. The fourth-order valence-corrected chi connectivity index (χ4v) is 1.29. The van der Waals surface area contributed by atoms with Gasteiger partial charge in [-0.3, -0.25) is 15.1 Å². The summed E-state index contributed by atoms with van der Waals surface area (Å²) in [4.78, 5) is 24.3. The first-order chi connectivity index (χ1) is 8.04. The van der Waals surface area contributed by atoms with Gasteiger partial charge in [-0.15, -0.1) is 0 Å². The average Bonchev–Trinajstić information content (AvgIpc) is 2.28. The van der Waals surface area contributed by atoms with E-state index in [2.05, 4.69) is 4.99 Å². The van der Waals surface area contributed by atoms with Gasteiger partial charge in [-0.1, -0.05) is 13.0 Å². The number of carboxylic acids is 1. The van der Waals surface area contributed by atoms with Gasteiger partial charge in [0.05, 0.1) is 17.5 Å². The summed E-state index contributed by atoms with van der Waals surface area (Å²) in [5, 5.41) is 19.1.